The fraction of sp³-hybridized carbons (Fsp3) is 0.333. The molecule has 0 aliphatic carbocycles. The first-order valence-corrected chi connectivity index (χ1v) is 7.49. The standard InChI is InChI=1S/C12H15BrN4OS/c1-3-17-11(10(14)5-15-17)12(18)16(2)6-9-4-8(13)7-19-9/h4-5,7H,3,6,14H2,1-2H3. The number of nitrogens with two attached hydrogens (primary N) is 1. The van der Waals surface area contributed by atoms with Crippen LogP contribution in [0, 0.1) is 0 Å². The molecule has 0 bridgehead atoms. The van der Waals surface area contributed by atoms with Gasteiger partial charge < -0.3 is 10.6 Å². The molecule has 0 saturated heterocycles. The minimum atomic E-state index is -0.110. The average molecular weight is 343 g/mol. The van der Waals surface area contributed by atoms with Crippen LogP contribution < -0.4 is 5.73 Å². The van der Waals surface area contributed by atoms with Gasteiger partial charge in [-0.15, -0.1) is 11.3 Å². The molecular formula is C12H15BrN4OS. The first kappa shape index (κ1) is 14.1. The third kappa shape index (κ3) is 2.98. The number of carbonyl (C=O) groups excluding carboxylic acids is 1. The van der Waals surface area contributed by atoms with Crippen molar-refractivity contribution >= 4 is 38.9 Å². The molecule has 0 radical (unpaired) electrons. The van der Waals surface area contributed by atoms with Crippen LogP contribution in [0.15, 0.2) is 22.1 Å². The zero-order valence-corrected chi connectivity index (χ0v) is 13.2. The first-order valence-electron chi connectivity index (χ1n) is 5.82. The number of aryl methyl sites for hydroxylation is 1. The fourth-order valence-corrected chi connectivity index (χ4v) is 3.30. The highest BCUT2D eigenvalue weighted by Crippen LogP contribution is 2.22. The highest BCUT2D eigenvalue weighted by Gasteiger charge is 2.20. The molecule has 0 aliphatic heterocycles. The lowest BCUT2D eigenvalue weighted by Gasteiger charge is -2.17. The average Bonchev–Trinajstić information content (AvgIpc) is 2.94. The van der Waals surface area contributed by atoms with Crippen molar-refractivity contribution in [2.24, 2.45) is 0 Å². The second-order valence-electron chi connectivity index (χ2n) is 4.16. The molecule has 2 aromatic rings. The Morgan fingerprint density at radius 1 is 1.63 bits per heavy atom. The number of hydrogen-bond acceptors (Lipinski definition) is 4. The molecule has 102 valence electrons. The van der Waals surface area contributed by atoms with Crippen LogP contribution >= 0.6 is 27.3 Å². The van der Waals surface area contributed by atoms with E-state index < -0.39 is 0 Å². The molecule has 1 amide bonds. The predicted octanol–water partition coefficient (Wildman–Crippen LogP) is 2.58. The number of amides is 1. The molecule has 5 nitrogen and oxygen atoms in total. The van der Waals surface area contributed by atoms with Crippen molar-refractivity contribution < 1.29 is 4.79 Å². The number of thiophene rings is 1. The van der Waals surface area contributed by atoms with Crippen molar-refractivity contribution in [2.75, 3.05) is 12.8 Å². The van der Waals surface area contributed by atoms with Crippen LogP contribution in [0.1, 0.15) is 22.3 Å². The Morgan fingerprint density at radius 3 is 2.95 bits per heavy atom. The molecule has 0 aromatic carbocycles. The number of hydrogen-bond donors (Lipinski definition) is 1. The zero-order chi connectivity index (χ0) is 14.0. The normalized spacial score (nSPS) is 10.7. The van der Waals surface area contributed by atoms with E-state index in [2.05, 4.69) is 21.0 Å². The third-order valence-corrected chi connectivity index (χ3v) is 4.41. The van der Waals surface area contributed by atoms with Gasteiger partial charge >= 0.3 is 0 Å². The second-order valence-corrected chi connectivity index (χ2v) is 6.07. The van der Waals surface area contributed by atoms with Crippen LogP contribution in [0.2, 0.25) is 0 Å². The number of nitrogen functional groups attached to an aromatic ring is 1. The molecule has 0 atom stereocenters. The Hall–Kier alpha value is -1.34. The Kier molecular flexibility index (Phi) is 4.26. The van der Waals surface area contributed by atoms with E-state index in [9.17, 15) is 4.79 Å². The number of carbonyl (C=O) groups is 1. The van der Waals surface area contributed by atoms with Gasteiger partial charge in [0.2, 0.25) is 0 Å². The van der Waals surface area contributed by atoms with Gasteiger partial charge in [-0.2, -0.15) is 5.10 Å². The molecule has 7 heteroatoms. The molecule has 2 heterocycles. The SMILES string of the molecule is CCn1ncc(N)c1C(=O)N(C)Cc1cc(Br)cs1. The van der Waals surface area contributed by atoms with Crippen molar-refractivity contribution in [3.8, 4) is 0 Å². The van der Waals surface area contributed by atoms with E-state index in [0.717, 1.165) is 9.35 Å². The van der Waals surface area contributed by atoms with Gasteiger partial charge in [0.05, 0.1) is 18.4 Å². The summed E-state index contributed by atoms with van der Waals surface area (Å²) in [5, 5.41) is 6.09. The number of rotatable bonds is 4. The van der Waals surface area contributed by atoms with E-state index in [4.69, 9.17) is 5.73 Å². The van der Waals surface area contributed by atoms with Gasteiger partial charge in [0.1, 0.15) is 5.69 Å². The molecule has 2 aromatic heterocycles. The quantitative estimate of drug-likeness (QED) is 0.928. The van der Waals surface area contributed by atoms with Gasteiger partial charge in [0.15, 0.2) is 0 Å². The van der Waals surface area contributed by atoms with E-state index in [0.29, 0.717) is 24.5 Å². The lowest BCUT2D eigenvalue weighted by Crippen LogP contribution is -2.28. The Balaban J connectivity index is 2.16. The van der Waals surface area contributed by atoms with Crippen molar-refractivity contribution in [1.82, 2.24) is 14.7 Å². The molecule has 0 aliphatic rings. The zero-order valence-electron chi connectivity index (χ0n) is 10.8. The highest BCUT2D eigenvalue weighted by molar-refractivity contribution is 9.10. The summed E-state index contributed by atoms with van der Waals surface area (Å²) in [6, 6.07) is 2.01. The maximum absolute atomic E-state index is 12.4. The van der Waals surface area contributed by atoms with Crippen molar-refractivity contribution in [3.63, 3.8) is 0 Å². The van der Waals surface area contributed by atoms with Crippen LogP contribution in [0.25, 0.3) is 0 Å². The lowest BCUT2D eigenvalue weighted by molar-refractivity contribution is 0.0775. The summed E-state index contributed by atoms with van der Waals surface area (Å²) in [6.07, 6.45) is 1.52. The van der Waals surface area contributed by atoms with Gasteiger partial charge in [-0.1, -0.05) is 0 Å². The van der Waals surface area contributed by atoms with Gasteiger partial charge in [-0.05, 0) is 28.9 Å². The summed E-state index contributed by atoms with van der Waals surface area (Å²) in [5.41, 5.74) is 6.70. The van der Waals surface area contributed by atoms with Crippen molar-refractivity contribution in [3.05, 3.63) is 32.7 Å². The third-order valence-electron chi connectivity index (χ3n) is 2.73. The number of halogens is 1. The molecule has 0 unspecified atom stereocenters. The minimum absolute atomic E-state index is 0.110. The van der Waals surface area contributed by atoms with E-state index in [1.165, 1.54) is 6.20 Å². The minimum Gasteiger partial charge on any atom is -0.396 e. The molecule has 2 N–H and O–H groups in total. The summed E-state index contributed by atoms with van der Waals surface area (Å²) in [6.45, 7) is 3.11. The van der Waals surface area contributed by atoms with Gasteiger partial charge in [0.25, 0.3) is 5.91 Å². The fourth-order valence-electron chi connectivity index (χ4n) is 1.80. The van der Waals surface area contributed by atoms with Crippen LogP contribution in [0.4, 0.5) is 5.69 Å². The van der Waals surface area contributed by atoms with Crippen LogP contribution in [-0.2, 0) is 13.1 Å². The largest absolute Gasteiger partial charge is 0.396 e. The topological polar surface area (TPSA) is 64.2 Å². The summed E-state index contributed by atoms with van der Waals surface area (Å²) in [7, 11) is 1.77. The predicted molar refractivity (Wildman–Crippen MR) is 80.1 cm³/mol. The Bertz CT molecular complexity index is 592. The van der Waals surface area contributed by atoms with Crippen molar-refractivity contribution in [2.45, 2.75) is 20.0 Å². The molecule has 2 rings (SSSR count). The molecule has 0 saturated carbocycles. The summed E-state index contributed by atoms with van der Waals surface area (Å²) in [4.78, 5) is 15.2. The number of nitrogens with zero attached hydrogens (tertiary/aromatic N) is 3. The lowest BCUT2D eigenvalue weighted by atomic mass is 10.3. The Morgan fingerprint density at radius 2 is 2.37 bits per heavy atom. The van der Waals surface area contributed by atoms with E-state index >= 15 is 0 Å². The van der Waals surface area contributed by atoms with E-state index in [1.807, 2.05) is 18.4 Å². The summed E-state index contributed by atoms with van der Waals surface area (Å²) >= 11 is 5.02. The number of aromatic nitrogens is 2. The molecular weight excluding hydrogens is 328 g/mol. The maximum atomic E-state index is 12.4. The van der Waals surface area contributed by atoms with Gasteiger partial charge in [-0.3, -0.25) is 9.48 Å². The van der Waals surface area contributed by atoms with Crippen LogP contribution in [0.3, 0.4) is 0 Å². The summed E-state index contributed by atoms with van der Waals surface area (Å²) in [5.74, 6) is -0.110. The van der Waals surface area contributed by atoms with Gasteiger partial charge in [-0.25, -0.2) is 0 Å². The van der Waals surface area contributed by atoms with Crippen LogP contribution in [-0.4, -0.2) is 27.6 Å². The summed E-state index contributed by atoms with van der Waals surface area (Å²) < 4.78 is 2.66. The molecule has 19 heavy (non-hydrogen) atoms. The maximum Gasteiger partial charge on any atom is 0.274 e. The highest BCUT2D eigenvalue weighted by atomic mass is 79.9. The van der Waals surface area contributed by atoms with E-state index in [1.54, 1.807) is 28.0 Å². The molecule has 0 spiro atoms. The monoisotopic (exact) mass is 342 g/mol. The Labute approximate surface area is 124 Å². The van der Waals surface area contributed by atoms with E-state index in [-0.39, 0.29) is 5.91 Å². The smallest absolute Gasteiger partial charge is 0.274 e. The molecule has 0 fully saturated rings. The van der Waals surface area contributed by atoms with Crippen molar-refractivity contribution in [1.29, 1.82) is 0 Å². The van der Waals surface area contributed by atoms with Crippen LogP contribution in [0.5, 0.6) is 0 Å². The van der Waals surface area contributed by atoms with Gasteiger partial charge in [0, 0.05) is 28.3 Å². The number of anilines is 1. The second kappa shape index (κ2) is 5.75. The first-order chi connectivity index (χ1) is 9.02.